The Morgan fingerprint density at radius 2 is 1.72 bits per heavy atom. The van der Waals surface area contributed by atoms with E-state index in [1.165, 1.54) is 30.3 Å². The molecule has 7 nitrogen and oxygen atoms in total. The summed E-state index contributed by atoms with van der Waals surface area (Å²) in [4.78, 5) is 22.5. The first-order chi connectivity index (χ1) is 11.9. The molecule has 1 heterocycles. The lowest BCUT2D eigenvalue weighted by molar-refractivity contribution is -0.384. The predicted octanol–water partition coefficient (Wildman–Crippen LogP) is 5.33. The second kappa shape index (κ2) is 6.79. The van der Waals surface area contributed by atoms with Gasteiger partial charge in [0.05, 0.1) is 20.5 Å². The highest BCUT2D eigenvalue weighted by Crippen LogP contribution is 2.38. The SMILES string of the molecule is O=C1N=NC(Nc2cccc([N+](=O)[O-])c2)=C1c1c(Cl)cc(Cl)cc1Cl. The molecule has 126 valence electrons. The van der Waals surface area contributed by atoms with Gasteiger partial charge in [-0.15, -0.1) is 10.2 Å². The average Bonchev–Trinajstić information content (AvgIpc) is 2.88. The molecule has 0 spiro atoms. The molecule has 0 aromatic heterocycles. The van der Waals surface area contributed by atoms with Crippen LogP contribution in [0.5, 0.6) is 0 Å². The van der Waals surface area contributed by atoms with Crippen molar-refractivity contribution in [3.8, 4) is 0 Å². The molecular weight excluding hydrogens is 391 g/mol. The maximum atomic E-state index is 12.1. The minimum atomic E-state index is -0.640. The second-order valence-corrected chi connectivity index (χ2v) is 6.16. The number of nitro groups is 1. The molecule has 0 saturated carbocycles. The number of benzene rings is 2. The summed E-state index contributed by atoms with van der Waals surface area (Å²) < 4.78 is 0. The van der Waals surface area contributed by atoms with Crippen molar-refractivity contribution in [3.05, 3.63) is 73.0 Å². The second-order valence-electron chi connectivity index (χ2n) is 4.91. The van der Waals surface area contributed by atoms with Crippen LogP contribution in [0.4, 0.5) is 11.4 Å². The highest BCUT2D eigenvalue weighted by atomic mass is 35.5. The Morgan fingerprint density at radius 3 is 2.36 bits per heavy atom. The third-order valence-electron chi connectivity index (χ3n) is 3.27. The van der Waals surface area contributed by atoms with Crippen molar-refractivity contribution >= 4 is 57.7 Å². The lowest BCUT2D eigenvalue weighted by Crippen LogP contribution is -2.04. The minimum Gasteiger partial charge on any atom is -0.338 e. The number of non-ortho nitro benzene ring substituents is 1. The number of nitrogens with one attached hydrogen (secondary N) is 1. The van der Waals surface area contributed by atoms with Crippen LogP contribution in [0.2, 0.25) is 15.1 Å². The van der Waals surface area contributed by atoms with Crippen molar-refractivity contribution in [2.24, 2.45) is 10.2 Å². The summed E-state index contributed by atoms with van der Waals surface area (Å²) in [7, 11) is 0. The third kappa shape index (κ3) is 3.48. The zero-order valence-corrected chi connectivity index (χ0v) is 14.4. The summed E-state index contributed by atoms with van der Waals surface area (Å²) in [6.45, 7) is 0. The van der Waals surface area contributed by atoms with Crippen LogP contribution in [0.3, 0.4) is 0 Å². The molecule has 2 aromatic rings. The summed E-state index contributed by atoms with van der Waals surface area (Å²) in [5.74, 6) is -0.560. The van der Waals surface area contributed by atoms with Gasteiger partial charge in [0.1, 0.15) is 0 Å². The van der Waals surface area contributed by atoms with E-state index < -0.39 is 10.8 Å². The topological polar surface area (TPSA) is 97.0 Å². The fraction of sp³-hybridized carbons (Fsp3) is 0. The van der Waals surface area contributed by atoms with E-state index in [4.69, 9.17) is 34.8 Å². The summed E-state index contributed by atoms with van der Waals surface area (Å²) in [5, 5.41) is 21.6. The van der Waals surface area contributed by atoms with E-state index in [0.717, 1.165) is 0 Å². The van der Waals surface area contributed by atoms with Gasteiger partial charge in [0.15, 0.2) is 5.82 Å². The van der Waals surface area contributed by atoms with Gasteiger partial charge in [-0.3, -0.25) is 14.9 Å². The fourth-order valence-electron chi connectivity index (χ4n) is 2.22. The molecule has 0 unspecified atom stereocenters. The lowest BCUT2D eigenvalue weighted by atomic mass is 10.1. The van der Waals surface area contributed by atoms with Gasteiger partial charge in [0.25, 0.3) is 11.6 Å². The first-order valence-corrected chi connectivity index (χ1v) is 7.87. The van der Waals surface area contributed by atoms with Gasteiger partial charge in [-0.2, -0.15) is 0 Å². The fourth-order valence-corrected chi connectivity index (χ4v) is 3.23. The van der Waals surface area contributed by atoms with Crippen molar-refractivity contribution in [2.45, 2.75) is 0 Å². The zero-order chi connectivity index (χ0) is 18.1. The zero-order valence-electron chi connectivity index (χ0n) is 12.2. The van der Waals surface area contributed by atoms with E-state index in [9.17, 15) is 14.9 Å². The Balaban J connectivity index is 2.07. The Morgan fingerprint density at radius 1 is 1.04 bits per heavy atom. The monoisotopic (exact) mass is 396 g/mol. The van der Waals surface area contributed by atoms with Crippen LogP contribution in [-0.2, 0) is 4.79 Å². The maximum absolute atomic E-state index is 12.1. The van der Waals surface area contributed by atoms with Gasteiger partial charge in [-0.05, 0) is 18.2 Å². The molecule has 0 fully saturated rings. The van der Waals surface area contributed by atoms with Crippen LogP contribution < -0.4 is 5.32 Å². The van der Waals surface area contributed by atoms with Crippen LogP contribution in [0.25, 0.3) is 5.57 Å². The van der Waals surface area contributed by atoms with Crippen molar-refractivity contribution in [1.29, 1.82) is 0 Å². The molecule has 0 radical (unpaired) electrons. The Hall–Kier alpha value is -2.48. The number of hydrogen-bond donors (Lipinski definition) is 1. The molecule has 25 heavy (non-hydrogen) atoms. The lowest BCUT2D eigenvalue weighted by Gasteiger charge is -2.10. The quantitative estimate of drug-likeness (QED) is 0.557. The van der Waals surface area contributed by atoms with Crippen molar-refractivity contribution in [1.82, 2.24) is 0 Å². The van der Waals surface area contributed by atoms with E-state index in [-0.39, 0.29) is 32.7 Å². The van der Waals surface area contributed by atoms with Crippen molar-refractivity contribution in [3.63, 3.8) is 0 Å². The number of carbonyl (C=O) groups is 1. The molecule has 2 aromatic carbocycles. The molecular formula is C15H7Cl3N4O3. The highest BCUT2D eigenvalue weighted by molar-refractivity contribution is 6.43. The molecule has 10 heteroatoms. The molecule has 0 bridgehead atoms. The predicted molar refractivity (Wildman–Crippen MR) is 95.0 cm³/mol. The van der Waals surface area contributed by atoms with Gasteiger partial charge in [-0.25, -0.2) is 0 Å². The molecule has 1 N–H and O–H groups in total. The molecule has 1 aliphatic rings. The first-order valence-electron chi connectivity index (χ1n) is 6.73. The number of halogens is 3. The van der Waals surface area contributed by atoms with Crippen LogP contribution in [0.15, 0.2) is 52.4 Å². The number of carbonyl (C=O) groups excluding carboxylic acids is 1. The van der Waals surface area contributed by atoms with Gasteiger partial charge in [0.2, 0.25) is 0 Å². The van der Waals surface area contributed by atoms with Gasteiger partial charge in [-0.1, -0.05) is 40.9 Å². The van der Waals surface area contributed by atoms with E-state index >= 15 is 0 Å². The van der Waals surface area contributed by atoms with Crippen molar-refractivity contribution < 1.29 is 9.72 Å². The largest absolute Gasteiger partial charge is 0.338 e. The van der Waals surface area contributed by atoms with E-state index in [2.05, 4.69) is 15.5 Å². The Labute approximate surface area is 156 Å². The molecule has 0 aliphatic carbocycles. The molecule has 0 saturated heterocycles. The highest BCUT2D eigenvalue weighted by Gasteiger charge is 2.28. The van der Waals surface area contributed by atoms with Crippen molar-refractivity contribution in [2.75, 3.05) is 5.32 Å². The van der Waals surface area contributed by atoms with Crippen LogP contribution >= 0.6 is 34.8 Å². The number of nitro benzene ring substituents is 1. The van der Waals surface area contributed by atoms with Gasteiger partial charge >= 0.3 is 0 Å². The average molecular weight is 398 g/mol. The van der Waals surface area contributed by atoms with Crippen LogP contribution in [0, 0.1) is 10.1 Å². The number of anilines is 1. The Bertz CT molecular complexity index is 949. The number of rotatable bonds is 4. The minimum absolute atomic E-state index is 0.0539. The maximum Gasteiger partial charge on any atom is 0.300 e. The summed E-state index contributed by atoms with van der Waals surface area (Å²) in [5.41, 5.74) is 0.529. The smallest absolute Gasteiger partial charge is 0.300 e. The van der Waals surface area contributed by atoms with Gasteiger partial charge in [0, 0.05) is 28.4 Å². The number of nitrogens with zero attached hydrogens (tertiary/aromatic N) is 3. The summed E-state index contributed by atoms with van der Waals surface area (Å²) in [6, 6.07) is 8.60. The number of azo groups is 1. The molecule has 0 atom stereocenters. The molecule has 3 rings (SSSR count). The van der Waals surface area contributed by atoms with E-state index in [1.54, 1.807) is 6.07 Å². The number of amides is 1. The number of hydrogen-bond acceptors (Lipinski definition) is 5. The normalized spacial score (nSPS) is 13.5. The van der Waals surface area contributed by atoms with Gasteiger partial charge < -0.3 is 5.32 Å². The van der Waals surface area contributed by atoms with Crippen LogP contribution in [-0.4, -0.2) is 10.8 Å². The van der Waals surface area contributed by atoms with Crippen LogP contribution in [0.1, 0.15) is 5.56 Å². The Kier molecular flexibility index (Phi) is 4.71. The van der Waals surface area contributed by atoms with E-state index in [1.807, 2.05) is 0 Å². The van der Waals surface area contributed by atoms with E-state index in [0.29, 0.717) is 10.7 Å². The molecule has 1 amide bonds. The first kappa shape index (κ1) is 17.3. The summed E-state index contributed by atoms with van der Waals surface area (Å²) >= 11 is 18.2. The molecule has 1 aliphatic heterocycles. The summed E-state index contributed by atoms with van der Waals surface area (Å²) in [6.07, 6.45) is 0. The third-order valence-corrected chi connectivity index (χ3v) is 4.08. The standard InChI is InChI=1S/C15H7Cl3N4O3/c16-7-4-10(17)12(11(18)5-7)13-14(20-21-15(13)23)19-8-2-1-3-9(6-8)22(24)25/h1-6,19H.